The fourth-order valence-corrected chi connectivity index (χ4v) is 0. The fraction of sp³-hybridized carbons (Fsp3) is 0. The zero-order valence-corrected chi connectivity index (χ0v) is 7.96. The summed E-state index contributed by atoms with van der Waals surface area (Å²) in [5.74, 6) is 0. The predicted molar refractivity (Wildman–Crippen MR) is 27.4 cm³/mol. The van der Waals surface area contributed by atoms with Gasteiger partial charge in [0.05, 0.1) is 14.9 Å². The van der Waals surface area contributed by atoms with Crippen molar-refractivity contribution >= 4 is 38.9 Å². The molecular weight excluding hydrogens is 253 g/mol. The summed E-state index contributed by atoms with van der Waals surface area (Å²) in [6.45, 7) is 0. The molecule has 0 aliphatic heterocycles. The molecular formula is HCl4O5P. The standard InChI is InChI=1S/Cl3OP.ClHO4/c1-5(2,3)4;2-1(3,4)5/h;(H,2,3,4,5). The van der Waals surface area contributed by atoms with E-state index >= 15 is 0 Å². The minimum absolute atomic E-state index is 3.22. The van der Waals surface area contributed by atoms with Crippen molar-refractivity contribution in [3.63, 3.8) is 0 Å². The highest BCUT2D eigenvalue weighted by Gasteiger charge is 2.03. The first-order valence-corrected chi connectivity index (χ1v) is 7.01. The Hall–Kier alpha value is 1.23. The van der Waals surface area contributed by atoms with Crippen molar-refractivity contribution < 1.29 is 33.4 Å². The Morgan fingerprint density at radius 1 is 1.20 bits per heavy atom. The Morgan fingerprint density at radius 2 is 1.20 bits per heavy atom. The highest BCUT2D eigenvalue weighted by Crippen LogP contribution is 2.61. The average molecular weight is 254 g/mol. The lowest BCUT2D eigenvalue weighted by Gasteiger charge is -2.03. The lowest BCUT2D eigenvalue weighted by atomic mass is 15.8. The highest BCUT2D eigenvalue weighted by atomic mass is 36.0. The molecule has 0 fully saturated rings. The normalized spacial score (nSPS) is 11.9. The summed E-state index contributed by atoms with van der Waals surface area (Å²) in [7, 11) is -4.69. The minimum Gasteiger partial charge on any atom is -0.271 e. The van der Waals surface area contributed by atoms with Crippen molar-refractivity contribution in [1.29, 1.82) is 0 Å². The van der Waals surface area contributed by atoms with E-state index in [1.54, 1.807) is 0 Å². The predicted octanol–water partition coefficient (Wildman–Crippen LogP) is -1.31. The minimum atomic E-state index is -4.69. The van der Waals surface area contributed by atoms with Gasteiger partial charge in [0.2, 0.25) is 0 Å². The number of halogens is 4. The Labute approximate surface area is 72.6 Å². The van der Waals surface area contributed by atoms with Crippen LogP contribution in [0.2, 0.25) is 0 Å². The summed E-state index contributed by atoms with van der Waals surface area (Å²) >= 11 is 13.8. The topological polar surface area (TPSA) is 106 Å². The number of rotatable bonds is 0. The van der Waals surface area contributed by atoms with Crippen LogP contribution in [0.5, 0.6) is 0 Å². The van der Waals surface area contributed by atoms with Gasteiger partial charge in [-0.25, -0.2) is 0 Å². The van der Waals surface area contributed by atoms with Crippen LogP contribution in [0, 0.1) is 10.2 Å². The third-order valence-electron chi connectivity index (χ3n) is 0. The van der Waals surface area contributed by atoms with E-state index < -0.39 is 15.4 Å². The van der Waals surface area contributed by atoms with Crippen LogP contribution in [0.1, 0.15) is 0 Å². The largest absolute Gasteiger partial charge is 0.339 e. The smallest absolute Gasteiger partial charge is 0.271 e. The first kappa shape index (κ1) is 13.8. The van der Waals surface area contributed by atoms with E-state index in [0.29, 0.717) is 0 Å². The molecule has 5 nitrogen and oxygen atoms in total. The monoisotopic (exact) mass is 252 g/mol. The molecule has 0 aromatic rings. The molecule has 0 saturated heterocycles. The molecule has 10 heavy (non-hydrogen) atoms. The third-order valence-corrected chi connectivity index (χ3v) is 0. The molecule has 0 heterocycles. The summed E-state index contributed by atoms with van der Waals surface area (Å²) in [5, 5.41) is -3.22. The first-order chi connectivity index (χ1) is 4.00. The third kappa shape index (κ3) is 413. The molecule has 0 radical (unpaired) electrons. The molecule has 10 heteroatoms. The molecule has 0 aliphatic rings. The SMILES string of the molecule is O=P(Cl)(Cl)Cl.[O-][Cl+3]([O-])([O-])O. The molecule has 0 aromatic heterocycles. The molecule has 0 unspecified atom stereocenters. The molecule has 0 aromatic carbocycles. The molecule has 0 spiro atoms. The molecule has 1 N–H and O–H groups in total. The van der Waals surface area contributed by atoms with Crippen LogP contribution in [0.25, 0.3) is 0 Å². The molecule has 0 bridgehead atoms. The molecule has 0 aliphatic carbocycles. The van der Waals surface area contributed by atoms with Crippen molar-refractivity contribution in [3.8, 4) is 0 Å². The van der Waals surface area contributed by atoms with Gasteiger partial charge in [0.1, 0.15) is 0 Å². The van der Waals surface area contributed by atoms with E-state index in [1.807, 2.05) is 0 Å². The highest BCUT2D eigenvalue weighted by molar-refractivity contribution is 8.24. The van der Waals surface area contributed by atoms with Crippen molar-refractivity contribution in [2.24, 2.45) is 0 Å². The van der Waals surface area contributed by atoms with Gasteiger partial charge < -0.3 is 0 Å². The fourth-order valence-electron chi connectivity index (χ4n) is 0. The Morgan fingerprint density at radius 3 is 1.20 bits per heavy atom. The van der Waals surface area contributed by atoms with Crippen LogP contribution in [0.4, 0.5) is 0 Å². The van der Waals surface area contributed by atoms with E-state index in [2.05, 4.69) is 33.7 Å². The number of hydrogen-bond donors (Lipinski definition) is 1. The summed E-state index contributed by atoms with van der Waals surface area (Å²) in [4.78, 5) is 0. The van der Waals surface area contributed by atoms with Gasteiger partial charge in [-0.1, -0.05) is 0 Å². The Kier molecular flexibility index (Phi) is 6.87. The van der Waals surface area contributed by atoms with Crippen molar-refractivity contribution in [1.82, 2.24) is 0 Å². The second kappa shape index (κ2) is 4.98. The van der Waals surface area contributed by atoms with Crippen molar-refractivity contribution in [2.75, 3.05) is 0 Å². The van der Waals surface area contributed by atoms with Crippen LogP contribution >= 0.6 is 38.9 Å². The van der Waals surface area contributed by atoms with Crippen LogP contribution in [-0.2, 0) is 4.57 Å². The van der Waals surface area contributed by atoms with Crippen LogP contribution in [-0.4, -0.2) is 4.66 Å². The van der Waals surface area contributed by atoms with E-state index in [0.717, 1.165) is 0 Å². The van der Waals surface area contributed by atoms with Gasteiger partial charge in [0, 0.05) is 0 Å². The van der Waals surface area contributed by atoms with Gasteiger partial charge >= 0.3 is 5.20 Å². The van der Waals surface area contributed by atoms with Gasteiger partial charge in [-0.05, 0) is 33.7 Å². The van der Waals surface area contributed by atoms with Gasteiger partial charge in [-0.15, -0.1) is 0 Å². The van der Waals surface area contributed by atoms with Crippen LogP contribution in [0.15, 0.2) is 0 Å². The zero-order valence-electron chi connectivity index (χ0n) is 4.04. The maximum absolute atomic E-state index is 9.51. The lowest BCUT2D eigenvalue weighted by Crippen LogP contribution is -2.58. The first-order valence-electron chi connectivity index (χ1n) is 1.32. The second-order valence-electron chi connectivity index (χ2n) is 0.795. The molecule has 0 rings (SSSR count). The van der Waals surface area contributed by atoms with Crippen molar-refractivity contribution in [3.05, 3.63) is 0 Å². The summed E-state index contributed by atoms with van der Waals surface area (Å²) in [6.07, 6.45) is 0. The Balaban J connectivity index is 0. The van der Waals surface area contributed by atoms with E-state index in [9.17, 15) is 4.57 Å². The van der Waals surface area contributed by atoms with Gasteiger partial charge in [-0.3, -0.25) is 4.57 Å². The second-order valence-corrected chi connectivity index (χ2v) is 8.23. The molecule has 0 atom stereocenters. The zero-order chi connectivity index (χ0) is 9.00. The molecule has 64 valence electrons. The van der Waals surface area contributed by atoms with Crippen molar-refractivity contribution in [2.45, 2.75) is 0 Å². The molecule has 0 amide bonds. The van der Waals surface area contributed by atoms with Crippen LogP contribution in [0.3, 0.4) is 0 Å². The van der Waals surface area contributed by atoms with E-state index in [1.165, 1.54) is 0 Å². The maximum Gasteiger partial charge on any atom is 0.339 e. The summed E-state index contributed by atoms with van der Waals surface area (Å²) in [5.41, 5.74) is 0. The summed E-state index contributed by atoms with van der Waals surface area (Å²) < 4.78 is 42.2. The van der Waals surface area contributed by atoms with Gasteiger partial charge in [0.25, 0.3) is 0 Å². The number of hydrogen-bond acceptors (Lipinski definition) is 5. The lowest BCUT2D eigenvalue weighted by molar-refractivity contribution is -1.92. The van der Waals surface area contributed by atoms with Crippen LogP contribution < -0.4 is 14.0 Å². The maximum atomic E-state index is 9.51. The van der Waals surface area contributed by atoms with E-state index in [4.69, 9.17) is 18.6 Å². The average Bonchev–Trinajstić information content (AvgIpc) is 1.12. The van der Waals surface area contributed by atoms with Gasteiger partial charge in [-0.2, -0.15) is 14.0 Å². The van der Waals surface area contributed by atoms with Gasteiger partial charge in [0.15, 0.2) is 0 Å². The van der Waals surface area contributed by atoms with E-state index in [-0.39, 0.29) is 0 Å². The quantitative estimate of drug-likeness (QED) is 0.540. The molecule has 0 saturated carbocycles. The summed E-state index contributed by atoms with van der Waals surface area (Å²) in [6, 6.07) is 0. The Bertz CT molecular complexity index is 106.